The summed E-state index contributed by atoms with van der Waals surface area (Å²) < 4.78 is 0.818. The molecule has 3 nitrogen and oxygen atoms in total. The zero-order valence-electron chi connectivity index (χ0n) is 12.8. The fraction of sp³-hybridized carbons (Fsp3) is 0.0526. The second kappa shape index (κ2) is 6.68. The molecule has 3 rings (SSSR count). The lowest BCUT2D eigenvalue weighted by molar-refractivity contribution is 0.103. The van der Waals surface area contributed by atoms with Crippen molar-refractivity contribution in [3.8, 4) is 6.07 Å². The molecule has 0 saturated carbocycles. The topological polar surface area (TPSA) is 66.9 Å². The molecular formula is C19H13BrN2OS. The fourth-order valence-corrected chi connectivity index (χ4v) is 3.92. The minimum absolute atomic E-state index is 0.180. The third-order valence-electron chi connectivity index (χ3n) is 3.84. The van der Waals surface area contributed by atoms with Gasteiger partial charge in [-0.1, -0.05) is 52.3 Å². The fourth-order valence-electron chi connectivity index (χ4n) is 2.75. The smallest absolute Gasteiger partial charge is 0.196 e. The van der Waals surface area contributed by atoms with Gasteiger partial charge in [-0.2, -0.15) is 5.26 Å². The van der Waals surface area contributed by atoms with Gasteiger partial charge >= 0.3 is 0 Å². The third-order valence-corrected chi connectivity index (χ3v) is 5.15. The maximum absolute atomic E-state index is 13.1. The van der Waals surface area contributed by atoms with Gasteiger partial charge in [0.1, 0.15) is 6.07 Å². The van der Waals surface area contributed by atoms with E-state index in [4.69, 9.17) is 5.73 Å². The maximum Gasteiger partial charge on any atom is 0.196 e. The van der Waals surface area contributed by atoms with Crippen LogP contribution in [0.15, 0.2) is 57.9 Å². The van der Waals surface area contributed by atoms with E-state index in [0.717, 1.165) is 15.2 Å². The van der Waals surface area contributed by atoms with Crippen LogP contribution < -0.4 is 5.73 Å². The molecule has 0 aromatic heterocycles. The lowest BCUT2D eigenvalue weighted by Gasteiger charge is -2.15. The van der Waals surface area contributed by atoms with Crippen LogP contribution in [0.5, 0.6) is 0 Å². The van der Waals surface area contributed by atoms with E-state index in [1.165, 1.54) is 11.8 Å². The Kier molecular flexibility index (Phi) is 4.61. The molecular weight excluding hydrogens is 384 g/mol. The number of halogens is 1. The number of carbonyl (C=O) groups is 1. The molecule has 0 spiro atoms. The van der Waals surface area contributed by atoms with Crippen molar-refractivity contribution >= 4 is 49.9 Å². The van der Waals surface area contributed by atoms with E-state index in [1.54, 1.807) is 18.2 Å². The highest BCUT2D eigenvalue weighted by Gasteiger charge is 2.23. The Hall–Kier alpha value is -2.29. The van der Waals surface area contributed by atoms with Crippen molar-refractivity contribution in [3.63, 3.8) is 0 Å². The first kappa shape index (κ1) is 16.6. The molecule has 3 aromatic carbocycles. The first-order valence-corrected chi connectivity index (χ1v) is 9.18. The monoisotopic (exact) mass is 396 g/mol. The third kappa shape index (κ3) is 2.68. The Morgan fingerprint density at radius 3 is 2.50 bits per heavy atom. The van der Waals surface area contributed by atoms with E-state index in [9.17, 15) is 10.1 Å². The minimum Gasteiger partial charge on any atom is -0.398 e. The van der Waals surface area contributed by atoms with Crippen LogP contribution >= 0.6 is 27.7 Å². The van der Waals surface area contributed by atoms with Gasteiger partial charge in [0.15, 0.2) is 5.78 Å². The average Bonchev–Trinajstić information content (AvgIpc) is 2.61. The van der Waals surface area contributed by atoms with Gasteiger partial charge in [0.05, 0.1) is 16.8 Å². The summed E-state index contributed by atoms with van der Waals surface area (Å²) in [5, 5.41) is 11.1. The summed E-state index contributed by atoms with van der Waals surface area (Å²) >= 11 is 4.75. The van der Waals surface area contributed by atoms with Crippen molar-refractivity contribution in [3.05, 3.63) is 69.7 Å². The highest BCUT2D eigenvalue weighted by Crippen LogP contribution is 2.38. The molecule has 0 fully saturated rings. The minimum atomic E-state index is -0.180. The largest absolute Gasteiger partial charge is 0.398 e. The Morgan fingerprint density at radius 1 is 1.17 bits per heavy atom. The number of nitriles is 1. The van der Waals surface area contributed by atoms with E-state index in [-0.39, 0.29) is 5.78 Å². The lowest BCUT2D eigenvalue weighted by atomic mass is 9.94. The summed E-state index contributed by atoms with van der Waals surface area (Å²) in [6.07, 6.45) is 1.85. The van der Waals surface area contributed by atoms with E-state index >= 15 is 0 Å². The number of nitrogen functional groups attached to an aromatic ring is 1. The molecule has 2 N–H and O–H groups in total. The second-order valence-corrected chi connectivity index (χ2v) is 6.93. The molecule has 0 aliphatic carbocycles. The van der Waals surface area contributed by atoms with Gasteiger partial charge in [0.25, 0.3) is 0 Å². The number of nitrogens with zero attached hydrogens (tertiary/aromatic N) is 1. The van der Waals surface area contributed by atoms with Gasteiger partial charge in [-0.05, 0) is 18.4 Å². The van der Waals surface area contributed by atoms with Crippen molar-refractivity contribution in [1.82, 2.24) is 0 Å². The number of rotatable bonds is 3. The van der Waals surface area contributed by atoms with E-state index in [2.05, 4.69) is 22.0 Å². The normalized spacial score (nSPS) is 10.5. The molecule has 0 atom stereocenters. The number of anilines is 1. The van der Waals surface area contributed by atoms with Crippen LogP contribution in [0, 0.1) is 11.3 Å². The van der Waals surface area contributed by atoms with Gasteiger partial charge in [0, 0.05) is 25.7 Å². The van der Waals surface area contributed by atoms with Gasteiger partial charge in [-0.25, -0.2) is 0 Å². The predicted octanol–water partition coefficient (Wildman–Crippen LogP) is 5.01. The van der Waals surface area contributed by atoms with Crippen LogP contribution in [0.25, 0.3) is 10.8 Å². The summed E-state index contributed by atoms with van der Waals surface area (Å²) in [5.74, 6) is -0.180. The van der Waals surface area contributed by atoms with Crippen molar-refractivity contribution in [2.24, 2.45) is 0 Å². The van der Waals surface area contributed by atoms with Crippen molar-refractivity contribution in [2.45, 2.75) is 4.90 Å². The molecule has 118 valence electrons. The molecule has 0 amide bonds. The SMILES string of the molecule is CSc1c(C(=O)c2cccc(Br)c2)c(N)c2ccccc2c1C#N. The number of hydrogen-bond acceptors (Lipinski definition) is 4. The standard InChI is InChI=1S/C19H13BrN2OS/c1-24-19-15(10-21)13-7-2-3-8-14(13)17(22)16(19)18(23)11-5-4-6-12(20)9-11/h2-9H,22H2,1H3. The van der Waals surface area contributed by atoms with Crippen molar-refractivity contribution < 1.29 is 4.79 Å². The molecule has 0 heterocycles. The summed E-state index contributed by atoms with van der Waals surface area (Å²) in [5.41, 5.74) is 8.18. The first-order valence-electron chi connectivity index (χ1n) is 7.17. The van der Waals surface area contributed by atoms with Crippen molar-refractivity contribution in [1.29, 1.82) is 5.26 Å². The number of fused-ring (bicyclic) bond motifs is 1. The zero-order valence-corrected chi connectivity index (χ0v) is 15.2. The number of thioether (sulfide) groups is 1. The molecule has 0 aliphatic heterocycles. The van der Waals surface area contributed by atoms with E-state index in [0.29, 0.717) is 27.3 Å². The van der Waals surface area contributed by atoms with Crippen molar-refractivity contribution in [2.75, 3.05) is 12.0 Å². The molecule has 0 unspecified atom stereocenters. The molecule has 0 bridgehead atoms. The summed E-state index contributed by atoms with van der Waals surface area (Å²) in [4.78, 5) is 13.7. The second-order valence-electron chi connectivity index (χ2n) is 5.19. The molecule has 0 aliphatic rings. The summed E-state index contributed by atoms with van der Waals surface area (Å²) in [7, 11) is 0. The molecule has 24 heavy (non-hydrogen) atoms. The molecule has 0 saturated heterocycles. The highest BCUT2D eigenvalue weighted by molar-refractivity contribution is 9.10. The van der Waals surface area contributed by atoms with Gasteiger partial charge in [-0.3, -0.25) is 4.79 Å². The maximum atomic E-state index is 13.1. The van der Waals surface area contributed by atoms with Gasteiger partial charge < -0.3 is 5.73 Å². The number of nitrogens with two attached hydrogens (primary N) is 1. The molecule has 5 heteroatoms. The van der Waals surface area contributed by atoms with Crippen LogP contribution in [0.2, 0.25) is 0 Å². The summed E-state index contributed by atoms with van der Waals surface area (Å²) in [6, 6.07) is 16.8. The Balaban J connectivity index is 2.37. The number of benzene rings is 3. The average molecular weight is 397 g/mol. The predicted molar refractivity (Wildman–Crippen MR) is 102 cm³/mol. The lowest BCUT2D eigenvalue weighted by Crippen LogP contribution is -2.09. The summed E-state index contributed by atoms with van der Waals surface area (Å²) in [6.45, 7) is 0. The number of carbonyl (C=O) groups excluding carboxylic acids is 1. The molecule has 0 radical (unpaired) electrons. The van der Waals surface area contributed by atoms with Crippen LogP contribution in [0.1, 0.15) is 21.5 Å². The first-order chi connectivity index (χ1) is 11.6. The van der Waals surface area contributed by atoms with E-state index in [1.807, 2.05) is 36.6 Å². The van der Waals surface area contributed by atoms with Crippen LogP contribution in [0.3, 0.4) is 0 Å². The van der Waals surface area contributed by atoms with Gasteiger partial charge in [0.2, 0.25) is 0 Å². The quantitative estimate of drug-likeness (QED) is 0.383. The number of hydrogen-bond donors (Lipinski definition) is 1. The molecule has 3 aromatic rings. The van der Waals surface area contributed by atoms with Crippen LogP contribution in [-0.4, -0.2) is 12.0 Å². The zero-order chi connectivity index (χ0) is 17.3. The Labute approximate surface area is 152 Å². The van der Waals surface area contributed by atoms with Crippen LogP contribution in [-0.2, 0) is 0 Å². The van der Waals surface area contributed by atoms with E-state index < -0.39 is 0 Å². The number of ketones is 1. The Bertz CT molecular complexity index is 1010. The Morgan fingerprint density at radius 2 is 1.88 bits per heavy atom. The van der Waals surface area contributed by atoms with Gasteiger partial charge in [-0.15, -0.1) is 11.8 Å². The van der Waals surface area contributed by atoms with Crippen LogP contribution in [0.4, 0.5) is 5.69 Å². The highest BCUT2D eigenvalue weighted by atomic mass is 79.9.